The Morgan fingerprint density at radius 3 is 2.53 bits per heavy atom. The minimum absolute atomic E-state index is 0.631. The van der Waals surface area contributed by atoms with E-state index in [1.807, 2.05) is 0 Å². The van der Waals surface area contributed by atoms with Crippen molar-refractivity contribution in [2.75, 3.05) is 19.8 Å². The molecule has 2 heteroatoms. The van der Waals surface area contributed by atoms with Crippen LogP contribution in [0.4, 0.5) is 0 Å². The predicted molar refractivity (Wildman–Crippen MR) is 65.1 cm³/mol. The first kappa shape index (κ1) is 13.0. The van der Waals surface area contributed by atoms with Crippen molar-refractivity contribution in [3.63, 3.8) is 0 Å². The Labute approximate surface area is 94.8 Å². The number of hydrogen-bond donors (Lipinski definition) is 1. The fraction of sp³-hybridized carbons (Fsp3) is 1.00. The zero-order chi connectivity index (χ0) is 10.9. The van der Waals surface area contributed by atoms with Gasteiger partial charge in [-0.25, -0.2) is 0 Å². The second-order valence-electron chi connectivity index (χ2n) is 5.04. The van der Waals surface area contributed by atoms with E-state index >= 15 is 0 Å². The highest BCUT2D eigenvalue weighted by atomic mass is 16.5. The number of ether oxygens (including phenoxy) is 1. The van der Waals surface area contributed by atoms with Crippen LogP contribution in [-0.2, 0) is 4.74 Å². The van der Waals surface area contributed by atoms with Crippen molar-refractivity contribution in [2.45, 2.75) is 58.4 Å². The second kappa shape index (κ2) is 8.12. The van der Waals surface area contributed by atoms with Gasteiger partial charge in [-0.3, -0.25) is 0 Å². The molecule has 0 unspecified atom stereocenters. The average Bonchev–Trinajstić information content (AvgIpc) is 2.98. The summed E-state index contributed by atoms with van der Waals surface area (Å²) in [5.41, 5.74) is 0. The summed E-state index contributed by atoms with van der Waals surface area (Å²) >= 11 is 0. The van der Waals surface area contributed by atoms with Crippen molar-refractivity contribution < 1.29 is 4.74 Å². The van der Waals surface area contributed by atoms with E-state index in [4.69, 9.17) is 4.74 Å². The average molecular weight is 213 g/mol. The van der Waals surface area contributed by atoms with Gasteiger partial charge in [-0.15, -0.1) is 0 Å². The molecule has 15 heavy (non-hydrogen) atoms. The van der Waals surface area contributed by atoms with E-state index in [0.717, 1.165) is 19.1 Å². The summed E-state index contributed by atoms with van der Waals surface area (Å²) in [6.07, 6.45) is 8.02. The Balaban J connectivity index is 1.65. The highest BCUT2D eigenvalue weighted by molar-refractivity contribution is 4.71. The molecule has 1 rings (SSSR count). The molecule has 0 amide bonds. The molecule has 0 aromatic heterocycles. The first-order chi connectivity index (χ1) is 7.29. The van der Waals surface area contributed by atoms with Gasteiger partial charge in [0.25, 0.3) is 0 Å². The van der Waals surface area contributed by atoms with Gasteiger partial charge >= 0.3 is 0 Å². The van der Waals surface area contributed by atoms with Crippen molar-refractivity contribution in [1.29, 1.82) is 0 Å². The van der Waals surface area contributed by atoms with E-state index in [1.165, 1.54) is 45.1 Å². The molecule has 2 nitrogen and oxygen atoms in total. The van der Waals surface area contributed by atoms with Gasteiger partial charge in [-0.1, -0.05) is 26.7 Å². The normalized spacial score (nSPS) is 16.2. The molecule has 1 saturated carbocycles. The lowest BCUT2D eigenvalue weighted by molar-refractivity contribution is 0.120. The van der Waals surface area contributed by atoms with Crippen LogP contribution >= 0.6 is 0 Å². The Hall–Kier alpha value is -0.0800. The summed E-state index contributed by atoms with van der Waals surface area (Å²) < 4.78 is 5.59. The van der Waals surface area contributed by atoms with E-state index in [-0.39, 0.29) is 0 Å². The summed E-state index contributed by atoms with van der Waals surface area (Å²) in [4.78, 5) is 0. The van der Waals surface area contributed by atoms with Gasteiger partial charge in [0.05, 0.1) is 0 Å². The predicted octanol–water partition coefficient (Wildman–Crippen LogP) is 2.97. The third-order valence-electron chi connectivity index (χ3n) is 2.82. The third kappa shape index (κ3) is 8.88. The van der Waals surface area contributed by atoms with Gasteiger partial charge in [-0.2, -0.15) is 0 Å². The highest BCUT2D eigenvalue weighted by Gasteiger charge is 2.20. The molecule has 0 aliphatic heterocycles. The minimum atomic E-state index is 0.631. The van der Waals surface area contributed by atoms with E-state index < -0.39 is 0 Å². The summed E-state index contributed by atoms with van der Waals surface area (Å²) in [6.45, 7) is 7.57. The van der Waals surface area contributed by atoms with Gasteiger partial charge < -0.3 is 10.1 Å². The Kier molecular flexibility index (Phi) is 7.03. The molecule has 0 spiro atoms. The molecule has 0 aromatic carbocycles. The highest BCUT2D eigenvalue weighted by Crippen LogP contribution is 2.28. The maximum atomic E-state index is 5.59. The standard InChI is InChI=1S/C13H27NO/c1-12(2)14-9-5-3-4-6-10-15-11-13-7-8-13/h12-14H,3-11H2,1-2H3. The maximum absolute atomic E-state index is 5.59. The third-order valence-corrected chi connectivity index (χ3v) is 2.82. The van der Waals surface area contributed by atoms with Crippen LogP contribution in [-0.4, -0.2) is 25.8 Å². The molecular weight excluding hydrogens is 186 g/mol. The van der Waals surface area contributed by atoms with Gasteiger partial charge in [0.2, 0.25) is 0 Å². The van der Waals surface area contributed by atoms with Gasteiger partial charge in [0.15, 0.2) is 0 Å². The minimum Gasteiger partial charge on any atom is -0.381 e. The zero-order valence-corrected chi connectivity index (χ0v) is 10.4. The zero-order valence-electron chi connectivity index (χ0n) is 10.4. The number of unbranched alkanes of at least 4 members (excludes halogenated alkanes) is 3. The van der Waals surface area contributed by atoms with Crippen LogP contribution in [0.2, 0.25) is 0 Å². The Morgan fingerprint density at radius 1 is 1.13 bits per heavy atom. The summed E-state index contributed by atoms with van der Waals surface area (Å²) in [5.74, 6) is 0.917. The lowest BCUT2D eigenvalue weighted by atomic mass is 10.2. The van der Waals surface area contributed by atoms with Crippen molar-refractivity contribution in [2.24, 2.45) is 5.92 Å². The van der Waals surface area contributed by atoms with Crippen molar-refractivity contribution in [1.82, 2.24) is 5.32 Å². The molecule has 0 bridgehead atoms. The number of hydrogen-bond acceptors (Lipinski definition) is 2. The fourth-order valence-electron chi connectivity index (χ4n) is 1.61. The first-order valence-electron chi connectivity index (χ1n) is 6.60. The number of nitrogens with one attached hydrogen (secondary N) is 1. The monoisotopic (exact) mass is 213 g/mol. The molecule has 0 radical (unpaired) electrons. The molecule has 0 atom stereocenters. The van der Waals surface area contributed by atoms with Crippen LogP contribution in [0.15, 0.2) is 0 Å². The summed E-state index contributed by atoms with van der Waals surface area (Å²) in [7, 11) is 0. The fourth-order valence-corrected chi connectivity index (χ4v) is 1.61. The van der Waals surface area contributed by atoms with E-state index in [9.17, 15) is 0 Å². The molecule has 0 saturated heterocycles. The van der Waals surface area contributed by atoms with Crippen LogP contribution in [0.25, 0.3) is 0 Å². The van der Waals surface area contributed by atoms with Crippen LogP contribution in [0.1, 0.15) is 52.4 Å². The molecule has 1 N–H and O–H groups in total. The lowest BCUT2D eigenvalue weighted by Gasteiger charge is -2.07. The van der Waals surface area contributed by atoms with Crippen molar-refractivity contribution in [3.05, 3.63) is 0 Å². The molecule has 1 aliphatic carbocycles. The SMILES string of the molecule is CC(C)NCCCCCCOCC1CC1. The molecule has 0 heterocycles. The van der Waals surface area contributed by atoms with Gasteiger partial charge in [-0.05, 0) is 38.1 Å². The van der Waals surface area contributed by atoms with Gasteiger partial charge in [0, 0.05) is 19.3 Å². The smallest absolute Gasteiger partial charge is 0.0494 e. The van der Waals surface area contributed by atoms with E-state index in [2.05, 4.69) is 19.2 Å². The topological polar surface area (TPSA) is 21.3 Å². The summed E-state index contributed by atoms with van der Waals surface area (Å²) in [6, 6.07) is 0.631. The molecule has 1 aliphatic rings. The van der Waals surface area contributed by atoms with Crippen molar-refractivity contribution >= 4 is 0 Å². The number of rotatable bonds is 10. The molecule has 0 aromatic rings. The molecular formula is C13H27NO. The quantitative estimate of drug-likeness (QED) is 0.563. The Bertz CT molecular complexity index is 135. The lowest BCUT2D eigenvalue weighted by Crippen LogP contribution is -2.23. The second-order valence-corrected chi connectivity index (χ2v) is 5.04. The molecule has 1 fully saturated rings. The largest absolute Gasteiger partial charge is 0.381 e. The summed E-state index contributed by atoms with van der Waals surface area (Å²) in [5, 5.41) is 3.44. The van der Waals surface area contributed by atoms with E-state index in [1.54, 1.807) is 0 Å². The van der Waals surface area contributed by atoms with Crippen LogP contribution in [0.5, 0.6) is 0 Å². The van der Waals surface area contributed by atoms with Crippen LogP contribution < -0.4 is 5.32 Å². The Morgan fingerprint density at radius 2 is 1.87 bits per heavy atom. The van der Waals surface area contributed by atoms with Crippen LogP contribution in [0, 0.1) is 5.92 Å². The van der Waals surface area contributed by atoms with Crippen molar-refractivity contribution in [3.8, 4) is 0 Å². The van der Waals surface area contributed by atoms with Gasteiger partial charge in [0.1, 0.15) is 0 Å². The van der Waals surface area contributed by atoms with E-state index in [0.29, 0.717) is 6.04 Å². The first-order valence-corrected chi connectivity index (χ1v) is 6.60. The van der Waals surface area contributed by atoms with Crippen LogP contribution in [0.3, 0.4) is 0 Å². The maximum Gasteiger partial charge on any atom is 0.0494 e. The molecule has 90 valence electrons.